The first-order valence-corrected chi connectivity index (χ1v) is 9.96. The van der Waals surface area contributed by atoms with E-state index in [0.717, 1.165) is 6.07 Å². The second-order valence-corrected chi connectivity index (χ2v) is 7.92. The van der Waals surface area contributed by atoms with Crippen LogP contribution in [0.4, 0.5) is 17.1 Å². The van der Waals surface area contributed by atoms with Crippen molar-refractivity contribution in [2.75, 3.05) is 16.2 Å². The topological polar surface area (TPSA) is 110 Å². The van der Waals surface area contributed by atoms with Crippen molar-refractivity contribution in [3.63, 3.8) is 0 Å². The molecule has 0 atom stereocenters. The number of nitrogens with one attached hydrogen (secondary N) is 1. The van der Waals surface area contributed by atoms with Crippen LogP contribution < -0.4 is 9.62 Å². The van der Waals surface area contributed by atoms with Crippen LogP contribution in [0.2, 0.25) is 0 Å². The summed E-state index contributed by atoms with van der Waals surface area (Å²) in [6.45, 7) is 2.32. The normalized spacial score (nSPS) is 13.2. The Bertz CT molecular complexity index is 1250. The van der Waals surface area contributed by atoms with Crippen molar-refractivity contribution >= 4 is 43.8 Å². The molecule has 0 saturated heterocycles. The molecule has 0 aromatic heterocycles. The first-order chi connectivity index (χ1) is 13.3. The quantitative estimate of drug-likeness (QED) is 0.523. The molecule has 1 aliphatic heterocycles. The minimum atomic E-state index is -4.03. The molecule has 0 spiro atoms. The zero-order chi connectivity index (χ0) is 20.1. The summed E-state index contributed by atoms with van der Waals surface area (Å²) in [6.07, 6.45) is 0. The van der Waals surface area contributed by atoms with Gasteiger partial charge in [-0.2, -0.15) is 0 Å². The third kappa shape index (κ3) is 2.67. The van der Waals surface area contributed by atoms with E-state index in [1.165, 1.54) is 24.3 Å². The molecule has 1 heterocycles. The maximum atomic E-state index is 13.0. The fourth-order valence-corrected chi connectivity index (χ4v) is 4.71. The lowest BCUT2D eigenvalue weighted by atomic mass is 10.1. The van der Waals surface area contributed by atoms with Crippen molar-refractivity contribution in [2.24, 2.45) is 0 Å². The summed E-state index contributed by atoms with van der Waals surface area (Å²) in [7, 11) is -4.03. The van der Waals surface area contributed by atoms with Gasteiger partial charge in [0.05, 0.1) is 21.2 Å². The molecule has 1 N–H and O–H groups in total. The van der Waals surface area contributed by atoms with Gasteiger partial charge in [-0.3, -0.25) is 19.6 Å². The van der Waals surface area contributed by atoms with Crippen LogP contribution in [0.3, 0.4) is 0 Å². The predicted molar refractivity (Wildman–Crippen MR) is 105 cm³/mol. The highest BCUT2D eigenvalue weighted by Crippen LogP contribution is 2.40. The summed E-state index contributed by atoms with van der Waals surface area (Å²) in [6, 6.07) is 13.3. The Morgan fingerprint density at radius 3 is 2.57 bits per heavy atom. The third-order valence-electron chi connectivity index (χ3n) is 4.66. The lowest BCUT2D eigenvalue weighted by molar-refractivity contribution is -0.384. The molecule has 1 aliphatic rings. The molecule has 8 nitrogen and oxygen atoms in total. The standard InChI is InChI=1S/C19H15N3O5S/c1-2-21-16-9-10-17(14-7-4-8-15(18(14)16)19(21)23)28(26,27)20-12-5-3-6-13(11-12)22(24)25/h3-11,20H,2H2,1H3. The van der Waals surface area contributed by atoms with Crippen molar-refractivity contribution in [3.8, 4) is 0 Å². The van der Waals surface area contributed by atoms with Gasteiger partial charge in [0.1, 0.15) is 0 Å². The fourth-order valence-electron chi connectivity index (χ4n) is 3.46. The van der Waals surface area contributed by atoms with E-state index >= 15 is 0 Å². The molecule has 3 aromatic rings. The molecule has 4 rings (SSSR count). The van der Waals surface area contributed by atoms with Crippen LogP contribution in [-0.4, -0.2) is 25.8 Å². The molecule has 0 bridgehead atoms. The van der Waals surface area contributed by atoms with Gasteiger partial charge in [-0.25, -0.2) is 8.42 Å². The van der Waals surface area contributed by atoms with Crippen molar-refractivity contribution in [2.45, 2.75) is 11.8 Å². The second-order valence-electron chi connectivity index (χ2n) is 6.27. The molecule has 28 heavy (non-hydrogen) atoms. The van der Waals surface area contributed by atoms with E-state index in [1.54, 1.807) is 29.2 Å². The Labute approximate surface area is 160 Å². The highest BCUT2D eigenvalue weighted by molar-refractivity contribution is 7.93. The Balaban J connectivity index is 1.84. The number of nitro benzene ring substituents is 1. The summed E-state index contributed by atoms with van der Waals surface area (Å²) in [4.78, 5) is 24.5. The summed E-state index contributed by atoms with van der Waals surface area (Å²) < 4.78 is 28.4. The Hall–Kier alpha value is -3.46. The lowest BCUT2D eigenvalue weighted by Crippen LogP contribution is -2.25. The molecule has 0 aliphatic carbocycles. The lowest BCUT2D eigenvalue weighted by Gasteiger charge is -2.15. The van der Waals surface area contributed by atoms with Crippen LogP contribution in [0, 0.1) is 10.1 Å². The van der Waals surface area contributed by atoms with E-state index in [-0.39, 0.29) is 22.2 Å². The molecule has 0 saturated carbocycles. The van der Waals surface area contributed by atoms with Gasteiger partial charge in [0.2, 0.25) is 0 Å². The number of nitro groups is 1. The molecule has 1 amide bonds. The van der Waals surface area contributed by atoms with E-state index in [4.69, 9.17) is 0 Å². The highest BCUT2D eigenvalue weighted by Gasteiger charge is 2.31. The van der Waals surface area contributed by atoms with E-state index in [9.17, 15) is 23.3 Å². The SMILES string of the molecule is CCN1C(=O)c2cccc3c(S(=O)(=O)Nc4cccc([N+](=O)[O-])c4)ccc1c23. The smallest absolute Gasteiger partial charge is 0.271 e. The van der Waals surface area contributed by atoms with E-state index in [1.807, 2.05) is 6.92 Å². The average Bonchev–Trinajstić information content (AvgIpc) is 2.95. The van der Waals surface area contributed by atoms with Crippen LogP contribution >= 0.6 is 0 Å². The number of benzene rings is 3. The first-order valence-electron chi connectivity index (χ1n) is 8.48. The number of amides is 1. The van der Waals surface area contributed by atoms with Crippen LogP contribution in [-0.2, 0) is 10.0 Å². The molecule has 0 radical (unpaired) electrons. The monoisotopic (exact) mass is 397 g/mol. The third-order valence-corrected chi connectivity index (χ3v) is 6.10. The number of hydrogen-bond donors (Lipinski definition) is 1. The molecular weight excluding hydrogens is 382 g/mol. The summed E-state index contributed by atoms with van der Waals surface area (Å²) in [5.41, 5.74) is 1.00. The van der Waals surface area contributed by atoms with Crippen LogP contribution in [0.1, 0.15) is 17.3 Å². The molecule has 142 valence electrons. The Morgan fingerprint density at radius 2 is 1.86 bits per heavy atom. The van der Waals surface area contributed by atoms with Gasteiger partial charge in [0.25, 0.3) is 21.6 Å². The van der Waals surface area contributed by atoms with Crippen molar-refractivity contribution < 1.29 is 18.1 Å². The summed E-state index contributed by atoms with van der Waals surface area (Å²) in [5.74, 6) is -0.163. The number of anilines is 2. The van der Waals surface area contributed by atoms with Crippen LogP contribution in [0.15, 0.2) is 59.5 Å². The molecule has 0 unspecified atom stereocenters. The van der Waals surface area contributed by atoms with Gasteiger partial charge in [0.15, 0.2) is 0 Å². The maximum Gasteiger partial charge on any atom is 0.271 e. The average molecular weight is 397 g/mol. The van der Waals surface area contributed by atoms with Crippen LogP contribution in [0.5, 0.6) is 0 Å². The van der Waals surface area contributed by atoms with E-state index in [2.05, 4.69) is 4.72 Å². The van der Waals surface area contributed by atoms with Crippen molar-refractivity contribution in [3.05, 3.63) is 70.3 Å². The van der Waals surface area contributed by atoms with Gasteiger partial charge in [0, 0.05) is 35.0 Å². The van der Waals surface area contributed by atoms with Gasteiger partial charge in [-0.1, -0.05) is 18.2 Å². The van der Waals surface area contributed by atoms with Gasteiger partial charge < -0.3 is 4.90 Å². The fraction of sp³-hybridized carbons (Fsp3) is 0.105. The number of sulfonamides is 1. The van der Waals surface area contributed by atoms with Crippen LogP contribution in [0.25, 0.3) is 10.8 Å². The van der Waals surface area contributed by atoms with E-state index in [0.29, 0.717) is 28.6 Å². The molecular formula is C19H15N3O5S. The molecule has 3 aromatic carbocycles. The zero-order valence-electron chi connectivity index (χ0n) is 14.7. The van der Waals surface area contributed by atoms with Crippen molar-refractivity contribution in [1.82, 2.24) is 0 Å². The van der Waals surface area contributed by atoms with Gasteiger partial charge in [-0.15, -0.1) is 0 Å². The Kier molecular flexibility index (Phi) is 4.04. The minimum absolute atomic E-state index is 0.00496. The number of non-ortho nitro benzene ring substituents is 1. The molecule has 0 fully saturated rings. The summed E-state index contributed by atoms with van der Waals surface area (Å²) >= 11 is 0. The number of hydrogen-bond acceptors (Lipinski definition) is 5. The number of carbonyl (C=O) groups is 1. The predicted octanol–water partition coefficient (Wildman–Crippen LogP) is 3.53. The van der Waals surface area contributed by atoms with Crippen molar-refractivity contribution in [1.29, 1.82) is 0 Å². The zero-order valence-corrected chi connectivity index (χ0v) is 15.6. The minimum Gasteiger partial charge on any atom is -0.308 e. The van der Waals surface area contributed by atoms with E-state index < -0.39 is 14.9 Å². The van der Waals surface area contributed by atoms with Gasteiger partial charge in [-0.05, 0) is 31.2 Å². The largest absolute Gasteiger partial charge is 0.308 e. The van der Waals surface area contributed by atoms with Gasteiger partial charge >= 0.3 is 0 Å². The maximum absolute atomic E-state index is 13.0. The number of nitrogens with zero attached hydrogens (tertiary/aromatic N) is 2. The number of rotatable bonds is 5. The highest BCUT2D eigenvalue weighted by atomic mass is 32.2. The summed E-state index contributed by atoms with van der Waals surface area (Å²) in [5, 5.41) is 11.9. The second kappa shape index (κ2) is 6.31. The number of carbonyl (C=O) groups excluding carboxylic acids is 1. The first kappa shape index (κ1) is 17.9. The Morgan fingerprint density at radius 1 is 1.11 bits per heavy atom. The molecule has 9 heteroatoms.